The number of aromatic amines is 1. The lowest BCUT2D eigenvalue weighted by molar-refractivity contribution is 0.0182. The lowest BCUT2D eigenvalue weighted by atomic mass is 9.90. The Hall–Kier alpha value is -2.15. The van der Waals surface area contributed by atoms with Crippen LogP contribution < -0.4 is 0 Å². The van der Waals surface area contributed by atoms with Gasteiger partial charge in [-0.3, -0.25) is 4.79 Å². The molecule has 7 nitrogen and oxygen atoms in total. The van der Waals surface area contributed by atoms with Crippen molar-refractivity contribution in [2.24, 2.45) is 5.92 Å². The van der Waals surface area contributed by atoms with Crippen LogP contribution in [0.3, 0.4) is 0 Å². The molecule has 3 rings (SSSR count). The number of carbonyl (C=O) groups is 2. The summed E-state index contributed by atoms with van der Waals surface area (Å²) in [6.07, 6.45) is 4.08. The van der Waals surface area contributed by atoms with Crippen LogP contribution in [0.1, 0.15) is 44.1 Å². The predicted octanol–water partition coefficient (Wildman–Crippen LogP) is 3.21. The summed E-state index contributed by atoms with van der Waals surface area (Å²) in [6, 6.07) is 1.82. The highest BCUT2D eigenvalue weighted by atomic mass is 35.5. The molecule has 8 heteroatoms. The first-order valence-electron chi connectivity index (χ1n) is 8.15. The first-order chi connectivity index (χ1) is 11.3. The molecule has 1 N–H and O–H groups in total. The maximum atomic E-state index is 12.8. The van der Waals surface area contributed by atoms with E-state index in [9.17, 15) is 9.59 Å². The smallest absolute Gasteiger partial charge is 0.410 e. The van der Waals surface area contributed by atoms with E-state index in [1.54, 1.807) is 11.1 Å². The molecule has 0 atom stereocenters. The maximum absolute atomic E-state index is 12.8. The van der Waals surface area contributed by atoms with Crippen LogP contribution in [0.25, 0.3) is 11.0 Å². The van der Waals surface area contributed by atoms with E-state index >= 15 is 0 Å². The maximum Gasteiger partial charge on any atom is 0.410 e. The van der Waals surface area contributed by atoms with Crippen LogP contribution in [0.4, 0.5) is 4.79 Å². The Morgan fingerprint density at radius 2 is 1.92 bits per heavy atom. The van der Waals surface area contributed by atoms with Gasteiger partial charge in [-0.1, -0.05) is 0 Å². The number of piperidine rings is 1. The van der Waals surface area contributed by atoms with E-state index in [0.717, 1.165) is 5.39 Å². The summed E-state index contributed by atoms with van der Waals surface area (Å²) in [5.41, 5.74) is 0.612. The summed E-state index contributed by atoms with van der Waals surface area (Å²) in [5, 5.41) is 0.747. The normalized spacial score (nSPS) is 15.7. The number of nitrogens with zero attached hydrogens (tertiary/aromatic N) is 3. The fourth-order valence-corrected chi connectivity index (χ4v) is 2.91. The summed E-state index contributed by atoms with van der Waals surface area (Å²) < 4.78 is 5.38. The molecule has 25 heavy (non-hydrogen) atoms. The standard InChI is InChI=1S/C17H22N4O3.ClH/c1-17(2,3)24-16(23)21-8-5-11(6-9-21)14(22)13-12-4-7-18-15(12)20-10-19-13;/h4,7,10-11H,5-6,8-9H2,1-3H3,(H,18,19,20);1H. The fourth-order valence-electron chi connectivity index (χ4n) is 2.91. The third kappa shape index (κ3) is 4.28. The topological polar surface area (TPSA) is 88.2 Å². The lowest BCUT2D eigenvalue weighted by Gasteiger charge is -2.32. The van der Waals surface area contributed by atoms with E-state index in [4.69, 9.17) is 4.74 Å². The van der Waals surface area contributed by atoms with Gasteiger partial charge in [0.1, 0.15) is 23.3 Å². The van der Waals surface area contributed by atoms with Gasteiger partial charge in [0.2, 0.25) is 0 Å². The van der Waals surface area contributed by atoms with Crippen LogP contribution in [0.15, 0.2) is 18.6 Å². The Bertz CT molecular complexity index is 761. The largest absolute Gasteiger partial charge is 0.444 e. The third-order valence-corrected chi connectivity index (χ3v) is 4.10. The molecular formula is C17H23ClN4O3. The van der Waals surface area contributed by atoms with Crippen molar-refractivity contribution < 1.29 is 14.3 Å². The van der Waals surface area contributed by atoms with Gasteiger partial charge in [0.05, 0.1) is 0 Å². The Morgan fingerprint density at radius 1 is 1.24 bits per heavy atom. The molecule has 0 aromatic carbocycles. The summed E-state index contributed by atoms with van der Waals surface area (Å²) in [4.78, 5) is 37.8. The second-order valence-electron chi connectivity index (χ2n) is 7.07. The van der Waals surface area contributed by atoms with Gasteiger partial charge in [-0.15, -0.1) is 12.4 Å². The molecule has 3 heterocycles. The molecule has 1 aliphatic heterocycles. The van der Waals surface area contributed by atoms with E-state index in [0.29, 0.717) is 37.3 Å². The van der Waals surface area contributed by atoms with E-state index in [1.807, 2.05) is 26.8 Å². The SMILES string of the molecule is CC(C)(C)OC(=O)N1CCC(C(=O)c2ncnc3[nH]ccc23)CC1.Cl. The van der Waals surface area contributed by atoms with Gasteiger partial charge in [-0.25, -0.2) is 14.8 Å². The second-order valence-corrected chi connectivity index (χ2v) is 7.07. The first-order valence-corrected chi connectivity index (χ1v) is 8.15. The molecule has 0 saturated carbocycles. The molecule has 2 aromatic rings. The highest BCUT2D eigenvalue weighted by Gasteiger charge is 2.31. The molecule has 1 amide bonds. The molecule has 1 fully saturated rings. The van der Waals surface area contributed by atoms with Crippen LogP contribution in [-0.2, 0) is 4.74 Å². The number of fused-ring (bicyclic) bond motifs is 1. The van der Waals surface area contributed by atoms with Crippen LogP contribution >= 0.6 is 12.4 Å². The molecule has 0 spiro atoms. The number of aromatic nitrogens is 3. The van der Waals surface area contributed by atoms with Crippen molar-refractivity contribution in [1.82, 2.24) is 19.9 Å². The minimum Gasteiger partial charge on any atom is -0.444 e. The van der Waals surface area contributed by atoms with E-state index in [2.05, 4.69) is 15.0 Å². The number of rotatable bonds is 2. The Labute approximate surface area is 152 Å². The number of likely N-dealkylation sites (tertiary alicyclic amines) is 1. The van der Waals surface area contributed by atoms with Crippen molar-refractivity contribution in [2.45, 2.75) is 39.2 Å². The zero-order valence-corrected chi connectivity index (χ0v) is 15.4. The van der Waals surface area contributed by atoms with Crippen LogP contribution in [-0.4, -0.2) is 50.4 Å². The highest BCUT2D eigenvalue weighted by Crippen LogP contribution is 2.25. The third-order valence-electron chi connectivity index (χ3n) is 4.10. The number of Topliss-reactive ketones (excluding diaryl/α,β-unsaturated/α-hetero) is 1. The number of ketones is 1. The zero-order chi connectivity index (χ0) is 17.3. The number of H-pyrrole nitrogens is 1. The summed E-state index contributed by atoms with van der Waals surface area (Å²) in [6.45, 7) is 6.58. The Balaban J connectivity index is 0.00000225. The van der Waals surface area contributed by atoms with Crippen molar-refractivity contribution in [1.29, 1.82) is 0 Å². The first kappa shape index (κ1) is 19.2. The van der Waals surface area contributed by atoms with Crippen molar-refractivity contribution >= 4 is 35.3 Å². The minimum absolute atomic E-state index is 0. The number of ether oxygens (including phenoxy) is 1. The Morgan fingerprint density at radius 3 is 2.56 bits per heavy atom. The van der Waals surface area contributed by atoms with Gasteiger partial charge in [-0.2, -0.15) is 0 Å². The molecule has 1 saturated heterocycles. The molecule has 2 aromatic heterocycles. The van der Waals surface area contributed by atoms with E-state index < -0.39 is 5.60 Å². The van der Waals surface area contributed by atoms with Crippen LogP contribution in [0.2, 0.25) is 0 Å². The average Bonchev–Trinajstić information content (AvgIpc) is 3.01. The average molecular weight is 367 g/mol. The monoisotopic (exact) mass is 366 g/mol. The van der Waals surface area contributed by atoms with Crippen LogP contribution in [0.5, 0.6) is 0 Å². The number of carbonyl (C=O) groups excluding carboxylic acids is 2. The molecule has 0 radical (unpaired) electrons. The lowest BCUT2D eigenvalue weighted by Crippen LogP contribution is -2.43. The number of nitrogens with one attached hydrogen (secondary N) is 1. The number of amides is 1. The van der Waals surface area contributed by atoms with Crippen molar-refractivity contribution in [3.8, 4) is 0 Å². The zero-order valence-electron chi connectivity index (χ0n) is 14.6. The van der Waals surface area contributed by atoms with Gasteiger partial charge in [0, 0.05) is 30.6 Å². The number of hydrogen-bond donors (Lipinski definition) is 1. The van der Waals surface area contributed by atoms with Crippen molar-refractivity contribution in [3.05, 3.63) is 24.3 Å². The molecular weight excluding hydrogens is 344 g/mol. The predicted molar refractivity (Wildman–Crippen MR) is 96.0 cm³/mol. The van der Waals surface area contributed by atoms with Gasteiger partial charge < -0.3 is 14.6 Å². The summed E-state index contributed by atoms with van der Waals surface area (Å²) in [5.74, 6) is -0.109. The van der Waals surface area contributed by atoms with E-state index in [1.165, 1.54) is 6.33 Å². The number of halogens is 1. The molecule has 0 aliphatic carbocycles. The molecule has 0 bridgehead atoms. The van der Waals surface area contributed by atoms with E-state index in [-0.39, 0.29) is 30.2 Å². The molecule has 0 unspecified atom stereocenters. The van der Waals surface area contributed by atoms with Gasteiger partial charge in [-0.05, 0) is 39.7 Å². The van der Waals surface area contributed by atoms with Crippen molar-refractivity contribution in [3.63, 3.8) is 0 Å². The van der Waals surface area contributed by atoms with Gasteiger partial charge in [0.25, 0.3) is 0 Å². The quantitative estimate of drug-likeness (QED) is 0.824. The number of hydrogen-bond acceptors (Lipinski definition) is 5. The summed E-state index contributed by atoms with van der Waals surface area (Å²) in [7, 11) is 0. The van der Waals surface area contributed by atoms with Crippen molar-refractivity contribution in [2.75, 3.05) is 13.1 Å². The fraction of sp³-hybridized carbons (Fsp3) is 0.529. The van der Waals surface area contributed by atoms with Gasteiger partial charge >= 0.3 is 6.09 Å². The van der Waals surface area contributed by atoms with Crippen LogP contribution in [0, 0.1) is 5.92 Å². The minimum atomic E-state index is -0.509. The summed E-state index contributed by atoms with van der Waals surface area (Å²) >= 11 is 0. The molecule has 136 valence electrons. The van der Waals surface area contributed by atoms with Gasteiger partial charge in [0.15, 0.2) is 5.78 Å². The highest BCUT2D eigenvalue weighted by molar-refractivity contribution is 6.06. The second kappa shape index (κ2) is 7.39. The molecule has 1 aliphatic rings. The Kier molecular flexibility index (Phi) is 5.67.